The van der Waals surface area contributed by atoms with Gasteiger partial charge in [0.2, 0.25) is 0 Å². The molecule has 1 fully saturated rings. The second kappa shape index (κ2) is 5.47. The first-order chi connectivity index (χ1) is 9.34. The molecule has 1 aliphatic rings. The van der Waals surface area contributed by atoms with Crippen LogP contribution < -0.4 is 5.32 Å². The van der Waals surface area contributed by atoms with Gasteiger partial charge in [0.15, 0.2) is 0 Å². The van der Waals surface area contributed by atoms with Crippen molar-refractivity contribution in [2.45, 2.75) is 38.6 Å². The van der Waals surface area contributed by atoms with Gasteiger partial charge in [0.25, 0.3) is 0 Å². The molecule has 0 spiro atoms. The van der Waals surface area contributed by atoms with Gasteiger partial charge in [0.05, 0.1) is 11.4 Å². The van der Waals surface area contributed by atoms with E-state index in [4.69, 9.17) is 0 Å². The van der Waals surface area contributed by atoms with Crippen molar-refractivity contribution in [2.75, 3.05) is 5.32 Å². The van der Waals surface area contributed by atoms with Crippen LogP contribution in [0.2, 0.25) is 0 Å². The van der Waals surface area contributed by atoms with Crippen LogP contribution in [-0.4, -0.2) is 15.8 Å². The number of para-hydroxylation sites is 2. The number of hydrogen-bond donors (Lipinski definition) is 1. The summed E-state index contributed by atoms with van der Waals surface area (Å²) >= 11 is 0. The van der Waals surface area contributed by atoms with Gasteiger partial charge in [0, 0.05) is 18.4 Å². The van der Waals surface area contributed by atoms with E-state index in [0.717, 1.165) is 11.6 Å². The van der Waals surface area contributed by atoms with Crippen molar-refractivity contribution < 1.29 is 0 Å². The summed E-state index contributed by atoms with van der Waals surface area (Å²) < 4.78 is 1.93. The summed E-state index contributed by atoms with van der Waals surface area (Å²) in [5.74, 6) is 0.749. The molecule has 2 aromatic rings. The van der Waals surface area contributed by atoms with Gasteiger partial charge in [-0.3, -0.25) is 0 Å². The zero-order chi connectivity index (χ0) is 13.1. The Hall–Kier alpha value is -1.77. The Labute approximate surface area is 114 Å². The fraction of sp³-hybridized carbons (Fsp3) is 0.438. The molecule has 0 radical (unpaired) electrons. The number of nitrogens with one attached hydrogen (secondary N) is 1. The molecular formula is C16H21N3. The highest BCUT2D eigenvalue weighted by Crippen LogP contribution is 2.28. The molecule has 2 unspecified atom stereocenters. The number of nitrogens with zero attached hydrogens (tertiary/aromatic N) is 2. The number of hydrogen-bond acceptors (Lipinski definition) is 2. The molecule has 0 saturated heterocycles. The first-order valence-electron chi connectivity index (χ1n) is 7.20. The molecule has 1 aromatic heterocycles. The molecule has 3 rings (SSSR count). The van der Waals surface area contributed by atoms with Crippen molar-refractivity contribution >= 4 is 5.69 Å². The van der Waals surface area contributed by atoms with Gasteiger partial charge in [-0.1, -0.05) is 31.9 Å². The molecule has 3 nitrogen and oxygen atoms in total. The standard InChI is InChI=1S/C16H21N3/c1-13-7-2-3-8-14(13)18-15-9-4-5-10-16(15)19-12-6-11-17-19/h4-6,9-14,18H,2-3,7-8H2,1H3. The molecule has 2 atom stereocenters. The van der Waals surface area contributed by atoms with Gasteiger partial charge in [-0.25, -0.2) is 4.68 Å². The molecule has 0 amide bonds. The lowest BCUT2D eigenvalue weighted by molar-refractivity contribution is 0.349. The Morgan fingerprint density at radius 3 is 2.79 bits per heavy atom. The third-order valence-corrected chi connectivity index (χ3v) is 4.11. The molecule has 19 heavy (non-hydrogen) atoms. The summed E-state index contributed by atoms with van der Waals surface area (Å²) in [4.78, 5) is 0. The van der Waals surface area contributed by atoms with E-state index in [1.807, 2.05) is 23.1 Å². The highest BCUT2D eigenvalue weighted by molar-refractivity contribution is 5.61. The first kappa shape index (κ1) is 12.3. The Morgan fingerprint density at radius 2 is 2.00 bits per heavy atom. The second-order valence-corrected chi connectivity index (χ2v) is 5.48. The third kappa shape index (κ3) is 2.65. The van der Waals surface area contributed by atoms with E-state index in [9.17, 15) is 0 Å². The molecule has 1 aliphatic carbocycles. The van der Waals surface area contributed by atoms with E-state index < -0.39 is 0 Å². The van der Waals surface area contributed by atoms with Crippen LogP contribution in [0.5, 0.6) is 0 Å². The minimum atomic E-state index is 0.588. The van der Waals surface area contributed by atoms with Gasteiger partial charge in [-0.2, -0.15) is 5.10 Å². The van der Waals surface area contributed by atoms with Crippen LogP contribution in [0.25, 0.3) is 5.69 Å². The zero-order valence-electron chi connectivity index (χ0n) is 11.4. The Bertz CT molecular complexity index is 519. The SMILES string of the molecule is CC1CCCCC1Nc1ccccc1-n1cccn1. The third-order valence-electron chi connectivity index (χ3n) is 4.11. The maximum absolute atomic E-state index is 4.34. The van der Waals surface area contributed by atoms with Crippen molar-refractivity contribution in [3.8, 4) is 5.69 Å². The van der Waals surface area contributed by atoms with E-state index in [0.29, 0.717) is 6.04 Å². The topological polar surface area (TPSA) is 29.9 Å². The van der Waals surface area contributed by atoms with Gasteiger partial charge in [0.1, 0.15) is 0 Å². The van der Waals surface area contributed by atoms with Gasteiger partial charge in [-0.05, 0) is 37.0 Å². The van der Waals surface area contributed by atoms with Crippen molar-refractivity contribution in [3.63, 3.8) is 0 Å². The molecule has 1 aromatic carbocycles. The summed E-state index contributed by atoms with van der Waals surface area (Å²) in [6.45, 7) is 2.35. The lowest BCUT2D eigenvalue weighted by Gasteiger charge is -2.31. The molecule has 100 valence electrons. The van der Waals surface area contributed by atoms with Crippen molar-refractivity contribution in [1.29, 1.82) is 0 Å². The second-order valence-electron chi connectivity index (χ2n) is 5.48. The monoisotopic (exact) mass is 255 g/mol. The summed E-state index contributed by atoms with van der Waals surface area (Å²) in [5, 5.41) is 8.06. The number of benzene rings is 1. The van der Waals surface area contributed by atoms with E-state index in [1.165, 1.54) is 31.4 Å². The van der Waals surface area contributed by atoms with Crippen LogP contribution in [0.3, 0.4) is 0 Å². The van der Waals surface area contributed by atoms with E-state index in [-0.39, 0.29) is 0 Å². The molecule has 0 bridgehead atoms. The number of aromatic nitrogens is 2. The number of rotatable bonds is 3. The highest BCUT2D eigenvalue weighted by atomic mass is 15.3. The Balaban J connectivity index is 1.84. The van der Waals surface area contributed by atoms with Crippen LogP contribution in [0.15, 0.2) is 42.7 Å². The number of anilines is 1. The van der Waals surface area contributed by atoms with Gasteiger partial charge < -0.3 is 5.32 Å². The Kier molecular flexibility index (Phi) is 3.53. The largest absolute Gasteiger partial charge is 0.380 e. The molecule has 3 heteroatoms. The van der Waals surface area contributed by atoms with Crippen molar-refractivity contribution in [3.05, 3.63) is 42.7 Å². The van der Waals surface area contributed by atoms with Gasteiger partial charge >= 0.3 is 0 Å². The van der Waals surface area contributed by atoms with Gasteiger partial charge in [-0.15, -0.1) is 0 Å². The predicted molar refractivity (Wildman–Crippen MR) is 78.6 cm³/mol. The molecule has 1 N–H and O–H groups in total. The quantitative estimate of drug-likeness (QED) is 0.902. The first-order valence-corrected chi connectivity index (χ1v) is 7.20. The molecule has 1 heterocycles. The maximum Gasteiger partial charge on any atom is 0.0876 e. The molecule has 1 saturated carbocycles. The summed E-state index contributed by atoms with van der Waals surface area (Å²) in [6, 6.07) is 11.0. The zero-order valence-corrected chi connectivity index (χ0v) is 11.4. The van der Waals surface area contributed by atoms with Crippen LogP contribution in [0.1, 0.15) is 32.6 Å². The lowest BCUT2D eigenvalue weighted by Crippen LogP contribution is -2.30. The molecular weight excluding hydrogens is 234 g/mol. The molecule has 0 aliphatic heterocycles. The predicted octanol–water partition coefficient (Wildman–Crippen LogP) is 3.86. The van der Waals surface area contributed by atoms with E-state index in [1.54, 1.807) is 0 Å². The summed E-state index contributed by atoms with van der Waals surface area (Å²) in [5.41, 5.74) is 2.32. The van der Waals surface area contributed by atoms with Crippen molar-refractivity contribution in [2.24, 2.45) is 5.92 Å². The van der Waals surface area contributed by atoms with Crippen LogP contribution in [0.4, 0.5) is 5.69 Å². The normalized spacial score (nSPS) is 23.2. The minimum absolute atomic E-state index is 0.588. The fourth-order valence-electron chi connectivity index (χ4n) is 2.94. The van der Waals surface area contributed by atoms with E-state index >= 15 is 0 Å². The fourth-order valence-corrected chi connectivity index (χ4v) is 2.94. The van der Waals surface area contributed by atoms with Crippen LogP contribution in [0, 0.1) is 5.92 Å². The van der Waals surface area contributed by atoms with Crippen molar-refractivity contribution in [1.82, 2.24) is 9.78 Å². The summed E-state index contributed by atoms with van der Waals surface area (Å²) in [6.07, 6.45) is 9.13. The lowest BCUT2D eigenvalue weighted by atomic mass is 9.86. The smallest absolute Gasteiger partial charge is 0.0876 e. The van der Waals surface area contributed by atoms with Crippen LogP contribution in [-0.2, 0) is 0 Å². The van der Waals surface area contributed by atoms with E-state index in [2.05, 4.69) is 41.6 Å². The average Bonchev–Trinajstić information content (AvgIpc) is 2.96. The minimum Gasteiger partial charge on any atom is -0.380 e. The average molecular weight is 255 g/mol. The van der Waals surface area contributed by atoms with Crippen LogP contribution >= 0.6 is 0 Å². The summed E-state index contributed by atoms with van der Waals surface area (Å²) in [7, 11) is 0. The maximum atomic E-state index is 4.34. The Morgan fingerprint density at radius 1 is 1.16 bits per heavy atom. The highest BCUT2D eigenvalue weighted by Gasteiger charge is 2.21.